The number of rotatable bonds is 3. The van der Waals surface area contributed by atoms with Gasteiger partial charge in [0, 0.05) is 12.0 Å². The van der Waals surface area contributed by atoms with Crippen molar-refractivity contribution in [1.29, 1.82) is 0 Å². The third-order valence-electron chi connectivity index (χ3n) is 3.30. The molecule has 0 aliphatic rings. The Balaban J connectivity index is 2.31. The minimum atomic E-state index is -0.472. The molecule has 110 valence electrons. The molecule has 0 unspecified atom stereocenters. The Bertz CT molecular complexity index is 878. The summed E-state index contributed by atoms with van der Waals surface area (Å²) in [6.07, 6.45) is 0.181. The van der Waals surface area contributed by atoms with Crippen LogP contribution >= 0.6 is 0 Å². The predicted molar refractivity (Wildman–Crippen MR) is 83.8 cm³/mol. The first-order chi connectivity index (χ1) is 10.7. The molecule has 0 atom stereocenters. The number of ether oxygens (including phenoxy) is 1. The molecular weight excluding hydrogens is 280 g/mol. The van der Waals surface area contributed by atoms with E-state index in [0.29, 0.717) is 16.5 Å². The van der Waals surface area contributed by atoms with Gasteiger partial charge in [0.15, 0.2) is 5.76 Å². The Morgan fingerprint density at radius 1 is 1.05 bits per heavy atom. The Kier molecular flexibility index (Phi) is 3.74. The van der Waals surface area contributed by atoms with Crippen LogP contribution in [0.15, 0.2) is 63.8 Å². The summed E-state index contributed by atoms with van der Waals surface area (Å²) in [4.78, 5) is 24.3. The van der Waals surface area contributed by atoms with E-state index >= 15 is 0 Å². The number of hydrogen-bond acceptors (Lipinski definition) is 4. The lowest BCUT2D eigenvalue weighted by molar-refractivity contribution is -0.134. The fourth-order valence-electron chi connectivity index (χ4n) is 2.18. The zero-order valence-corrected chi connectivity index (χ0v) is 12.0. The quantitative estimate of drug-likeness (QED) is 0.690. The van der Waals surface area contributed by atoms with Crippen molar-refractivity contribution in [2.75, 3.05) is 0 Å². The maximum Gasteiger partial charge on any atom is 0.311 e. The van der Waals surface area contributed by atoms with Crippen LogP contribution in [0.1, 0.15) is 13.3 Å². The molecule has 0 saturated carbocycles. The van der Waals surface area contributed by atoms with E-state index in [4.69, 9.17) is 9.15 Å². The van der Waals surface area contributed by atoms with Crippen molar-refractivity contribution in [2.45, 2.75) is 13.3 Å². The summed E-state index contributed by atoms with van der Waals surface area (Å²) in [5.74, 6) is -0.261. The minimum absolute atomic E-state index is 0.0586. The molecule has 22 heavy (non-hydrogen) atoms. The van der Waals surface area contributed by atoms with E-state index in [1.54, 1.807) is 43.3 Å². The third-order valence-corrected chi connectivity index (χ3v) is 3.30. The molecule has 1 aromatic heterocycles. The second-order valence-corrected chi connectivity index (χ2v) is 4.78. The van der Waals surface area contributed by atoms with E-state index < -0.39 is 5.97 Å². The number of para-hydroxylation sites is 1. The lowest BCUT2D eigenvalue weighted by atomic mass is 10.1. The van der Waals surface area contributed by atoms with Crippen molar-refractivity contribution in [1.82, 2.24) is 0 Å². The maximum absolute atomic E-state index is 12.6. The van der Waals surface area contributed by atoms with Crippen LogP contribution in [0.4, 0.5) is 0 Å². The van der Waals surface area contributed by atoms with Gasteiger partial charge in [0.05, 0.1) is 5.39 Å². The van der Waals surface area contributed by atoms with Gasteiger partial charge >= 0.3 is 5.97 Å². The van der Waals surface area contributed by atoms with Gasteiger partial charge in [0.1, 0.15) is 5.58 Å². The van der Waals surface area contributed by atoms with Gasteiger partial charge in [0.2, 0.25) is 11.2 Å². The van der Waals surface area contributed by atoms with E-state index in [1.807, 2.05) is 18.2 Å². The Morgan fingerprint density at radius 2 is 1.73 bits per heavy atom. The van der Waals surface area contributed by atoms with Crippen LogP contribution in [0.2, 0.25) is 0 Å². The first-order valence-corrected chi connectivity index (χ1v) is 7.02. The summed E-state index contributed by atoms with van der Waals surface area (Å²) in [5.41, 5.74) is 0.800. The van der Waals surface area contributed by atoms with Crippen molar-refractivity contribution >= 4 is 16.9 Å². The van der Waals surface area contributed by atoms with E-state index in [2.05, 4.69) is 0 Å². The van der Waals surface area contributed by atoms with Gasteiger partial charge in [-0.3, -0.25) is 9.59 Å². The van der Waals surface area contributed by atoms with Crippen molar-refractivity contribution in [3.8, 4) is 17.1 Å². The molecule has 2 aromatic carbocycles. The molecule has 0 saturated heterocycles. The number of carbonyl (C=O) groups is 1. The largest absolute Gasteiger partial charge is 0.452 e. The fourth-order valence-corrected chi connectivity index (χ4v) is 2.18. The highest BCUT2D eigenvalue weighted by molar-refractivity contribution is 5.84. The summed E-state index contributed by atoms with van der Waals surface area (Å²) in [5, 5.41) is 0.390. The average Bonchev–Trinajstić information content (AvgIpc) is 2.58. The average molecular weight is 294 g/mol. The first kappa shape index (κ1) is 14.1. The molecule has 0 fully saturated rings. The van der Waals surface area contributed by atoms with E-state index in [1.165, 1.54) is 0 Å². The normalized spacial score (nSPS) is 10.6. The summed E-state index contributed by atoms with van der Waals surface area (Å²) in [6.45, 7) is 1.67. The van der Waals surface area contributed by atoms with Crippen LogP contribution in [-0.4, -0.2) is 5.97 Å². The molecule has 0 aliphatic heterocycles. The van der Waals surface area contributed by atoms with Crippen molar-refractivity contribution in [3.63, 3.8) is 0 Å². The molecule has 0 amide bonds. The molecule has 0 spiro atoms. The molecule has 3 aromatic rings. The molecule has 4 heteroatoms. The molecule has 0 N–H and O–H groups in total. The topological polar surface area (TPSA) is 56.5 Å². The monoisotopic (exact) mass is 294 g/mol. The molecule has 1 heterocycles. The van der Waals surface area contributed by atoms with Gasteiger partial charge in [-0.05, 0) is 12.1 Å². The summed E-state index contributed by atoms with van der Waals surface area (Å²) in [6, 6.07) is 16.0. The standard InChI is InChI=1S/C18H14O4/c1-2-15(19)22-18-16(20)13-10-6-7-11-14(13)21-17(18)12-8-4-3-5-9-12/h3-11H,2H2,1H3. The highest BCUT2D eigenvalue weighted by atomic mass is 16.5. The van der Waals surface area contributed by atoms with Crippen molar-refractivity contribution in [3.05, 3.63) is 64.8 Å². The Morgan fingerprint density at radius 3 is 2.45 bits per heavy atom. The fraction of sp³-hybridized carbons (Fsp3) is 0.111. The molecular formula is C18H14O4. The van der Waals surface area contributed by atoms with Gasteiger partial charge in [-0.1, -0.05) is 49.4 Å². The second kappa shape index (κ2) is 5.85. The molecule has 0 aliphatic carbocycles. The van der Waals surface area contributed by atoms with Crippen LogP contribution in [0.25, 0.3) is 22.3 Å². The summed E-state index contributed by atoms with van der Waals surface area (Å²) in [7, 11) is 0. The zero-order chi connectivity index (χ0) is 15.5. The van der Waals surface area contributed by atoms with Crippen molar-refractivity contribution < 1.29 is 13.9 Å². The lowest BCUT2D eigenvalue weighted by Crippen LogP contribution is -2.15. The first-order valence-electron chi connectivity index (χ1n) is 7.02. The predicted octanol–water partition coefficient (Wildman–Crippen LogP) is 3.78. The molecule has 0 radical (unpaired) electrons. The summed E-state index contributed by atoms with van der Waals surface area (Å²) < 4.78 is 11.1. The zero-order valence-electron chi connectivity index (χ0n) is 12.0. The van der Waals surface area contributed by atoms with Crippen molar-refractivity contribution in [2.24, 2.45) is 0 Å². The number of benzene rings is 2. The Labute approximate surface area is 127 Å². The number of hydrogen-bond donors (Lipinski definition) is 0. The van der Waals surface area contributed by atoms with Crippen LogP contribution in [0, 0.1) is 0 Å². The maximum atomic E-state index is 12.6. The van der Waals surface area contributed by atoms with Crippen LogP contribution in [0.3, 0.4) is 0 Å². The summed E-state index contributed by atoms with van der Waals surface area (Å²) >= 11 is 0. The highest BCUT2D eigenvalue weighted by Gasteiger charge is 2.19. The van der Waals surface area contributed by atoms with Gasteiger partial charge < -0.3 is 9.15 Å². The van der Waals surface area contributed by atoms with Crippen LogP contribution < -0.4 is 10.2 Å². The molecule has 0 bridgehead atoms. The molecule has 3 rings (SSSR count). The number of fused-ring (bicyclic) bond motifs is 1. The highest BCUT2D eigenvalue weighted by Crippen LogP contribution is 2.30. The van der Waals surface area contributed by atoms with E-state index in [-0.39, 0.29) is 23.4 Å². The second-order valence-electron chi connectivity index (χ2n) is 4.78. The van der Waals surface area contributed by atoms with Gasteiger partial charge in [-0.15, -0.1) is 0 Å². The van der Waals surface area contributed by atoms with Gasteiger partial charge in [-0.25, -0.2) is 0 Å². The van der Waals surface area contributed by atoms with Gasteiger partial charge in [0.25, 0.3) is 0 Å². The molecule has 4 nitrogen and oxygen atoms in total. The third kappa shape index (κ3) is 2.51. The smallest absolute Gasteiger partial charge is 0.311 e. The van der Waals surface area contributed by atoms with E-state index in [0.717, 1.165) is 0 Å². The number of carbonyl (C=O) groups excluding carboxylic acids is 1. The lowest BCUT2D eigenvalue weighted by Gasteiger charge is -2.09. The van der Waals surface area contributed by atoms with Crippen LogP contribution in [-0.2, 0) is 4.79 Å². The van der Waals surface area contributed by atoms with Gasteiger partial charge in [-0.2, -0.15) is 0 Å². The number of esters is 1. The van der Waals surface area contributed by atoms with Crippen LogP contribution in [0.5, 0.6) is 5.75 Å². The SMILES string of the molecule is CCC(=O)Oc1c(-c2ccccc2)oc2ccccc2c1=O. The Hall–Kier alpha value is -2.88. The van der Waals surface area contributed by atoms with E-state index in [9.17, 15) is 9.59 Å². The minimum Gasteiger partial charge on any atom is -0.452 e.